The van der Waals surface area contributed by atoms with Crippen LogP contribution in [0.5, 0.6) is 0 Å². The van der Waals surface area contributed by atoms with Gasteiger partial charge in [0.1, 0.15) is 6.26 Å². The fourth-order valence-electron chi connectivity index (χ4n) is 2.06. The molecule has 5 heteroatoms. The smallest absolute Gasteiger partial charge is 0.234 e. The normalized spacial score (nSPS) is 18.3. The molecule has 0 amide bonds. The molecule has 1 aliphatic carbocycles. The van der Waals surface area contributed by atoms with E-state index in [1.165, 1.54) is 6.42 Å². The number of nitrogens with two attached hydrogens (primary N) is 1. The molecule has 84 valence electrons. The Morgan fingerprint density at radius 2 is 2.31 bits per heavy atom. The molecule has 0 aromatic carbocycles. The molecule has 3 rings (SSSR count). The molecule has 5 nitrogen and oxygen atoms in total. The highest BCUT2D eigenvalue weighted by Crippen LogP contribution is 2.42. The third-order valence-electron chi connectivity index (χ3n) is 3.36. The van der Waals surface area contributed by atoms with Crippen molar-refractivity contribution < 1.29 is 8.94 Å². The maximum absolute atomic E-state index is 5.78. The van der Waals surface area contributed by atoms with Gasteiger partial charge in [-0.25, -0.2) is 0 Å². The lowest BCUT2D eigenvalue weighted by Gasteiger charge is -2.36. The monoisotopic (exact) mass is 219 g/mol. The predicted octanol–water partition coefficient (Wildman–Crippen LogP) is 1.71. The van der Waals surface area contributed by atoms with Gasteiger partial charge in [0.2, 0.25) is 11.7 Å². The Bertz CT molecular complexity index is 466. The van der Waals surface area contributed by atoms with Crippen LogP contribution in [0.25, 0.3) is 11.4 Å². The van der Waals surface area contributed by atoms with Crippen LogP contribution in [0.3, 0.4) is 0 Å². The van der Waals surface area contributed by atoms with E-state index in [1.54, 1.807) is 12.5 Å². The lowest BCUT2D eigenvalue weighted by atomic mass is 9.69. The van der Waals surface area contributed by atoms with E-state index in [1.807, 2.05) is 6.07 Å². The van der Waals surface area contributed by atoms with E-state index in [0.717, 1.165) is 18.4 Å². The largest absolute Gasteiger partial charge is 0.472 e. The van der Waals surface area contributed by atoms with Gasteiger partial charge in [0.25, 0.3) is 0 Å². The zero-order valence-electron chi connectivity index (χ0n) is 8.85. The van der Waals surface area contributed by atoms with Crippen molar-refractivity contribution >= 4 is 0 Å². The molecule has 1 aliphatic rings. The molecule has 0 atom stereocenters. The Hall–Kier alpha value is -1.62. The van der Waals surface area contributed by atoms with E-state index in [4.69, 9.17) is 14.7 Å². The maximum atomic E-state index is 5.78. The minimum atomic E-state index is -0.0744. The van der Waals surface area contributed by atoms with Crippen molar-refractivity contribution in [1.29, 1.82) is 0 Å². The molecule has 0 aliphatic heterocycles. The molecule has 2 aromatic heterocycles. The highest BCUT2D eigenvalue weighted by molar-refractivity contribution is 5.51. The predicted molar refractivity (Wildman–Crippen MR) is 56.6 cm³/mol. The van der Waals surface area contributed by atoms with E-state index in [2.05, 4.69) is 10.1 Å². The quantitative estimate of drug-likeness (QED) is 0.850. The summed E-state index contributed by atoms with van der Waals surface area (Å²) in [7, 11) is 0. The van der Waals surface area contributed by atoms with Crippen LogP contribution in [0, 0.1) is 0 Å². The number of furan rings is 1. The van der Waals surface area contributed by atoms with Gasteiger partial charge in [-0.2, -0.15) is 4.98 Å². The summed E-state index contributed by atoms with van der Waals surface area (Å²) in [6, 6.07) is 1.81. The highest BCUT2D eigenvalue weighted by Gasteiger charge is 2.42. The van der Waals surface area contributed by atoms with Gasteiger partial charge < -0.3 is 14.7 Å². The van der Waals surface area contributed by atoms with Gasteiger partial charge in [0, 0.05) is 6.54 Å². The average Bonchev–Trinajstić information content (AvgIpc) is 2.86. The summed E-state index contributed by atoms with van der Waals surface area (Å²) in [6.07, 6.45) is 6.45. The Morgan fingerprint density at radius 1 is 1.44 bits per heavy atom. The van der Waals surface area contributed by atoms with E-state index < -0.39 is 0 Å². The Labute approximate surface area is 92.6 Å². The van der Waals surface area contributed by atoms with Gasteiger partial charge in [-0.1, -0.05) is 11.6 Å². The number of aromatic nitrogens is 2. The van der Waals surface area contributed by atoms with Crippen molar-refractivity contribution in [3.05, 3.63) is 24.5 Å². The number of hydrogen-bond acceptors (Lipinski definition) is 5. The zero-order chi connectivity index (χ0) is 11.0. The Balaban J connectivity index is 1.93. The fourth-order valence-corrected chi connectivity index (χ4v) is 2.06. The van der Waals surface area contributed by atoms with Crippen LogP contribution in [0.2, 0.25) is 0 Å². The van der Waals surface area contributed by atoms with Gasteiger partial charge in [-0.3, -0.25) is 0 Å². The molecule has 1 saturated carbocycles. The van der Waals surface area contributed by atoms with Crippen molar-refractivity contribution in [2.75, 3.05) is 6.54 Å². The molecule has 2 N–H and O–H groups in total. The first-order valence-corrected chi connectivity index (χ1v) is 5.41. The lowest BCUT2D eigenvalue weighted by Crippen LogP contribution is -2.41. The van der Waals surface area contributed by atoms with Crippen LogP contribution < -0.4 is 5.73 Å². The number of rotatable bonds is 3. The minimum Gasteiger partial charge on any atom is -0.472 e. The molecule has 1 fully saturated rings. The second-order valence-electron chi connectivity index (χ2n) is 4.27. The van der Waals surface area contributed by atoms with Crippen molar-refractivity contribution in [1.82, 2.24) is 10.1 Å². The number of nitrogens with zero attached hydrogens (tertiary/aromatic N) is 2. The van der Waals surface area contributed by atoms with Gasteiger partial charge in [0.15, 0.2) is 0 Å². The summed E-state index contributed by atoms with van der Waals surface area (Å²) in [4.78, 5) is 4.40. The number of hydrogen-bond donors (Lipinski definition) is 1. The molecule has 2 aromatic rings. The molecule has 0 bridgehead atoms. The van der Waals surface area contributed by atoms with Gasteiger partial charge >= 0.3 is 0 Å². The summed E-state index contributed by atoms with van der Waals surface area (Å²) < 4.78 is 10.3. The van der Waals surface area contributed by atoms with E-state index >= 15 is 0 Å². The molecule has 16 heavy (non-hydrogen) atoms. The molecule has 2 heterocycles. The third-order valence-corrected chi connectivity index (χ3v) is 3.36. The first-order valence-electron chi connectivity index (χ1n) is 5.41. The van der Waals surface area contributed by atoms with Crippen LogP contribution in [0.1, 0.15) is 25.2 Å². The second kappa shape index (κ2) is 3.45. The van der Waals surface area contributed by atoms with Gasteiger partial charge in [0.05, 0.1) is 17.2 Å². The van der Waals surface area contributed by atoms with Crippen LogP contribution in [0.4, 0.5) is 0 Å². The van der Waals surface area contributed by atoms with Crippen LogP contribution in [-0.4, -0.2) is 16.7 Å². The second-order valence-corrected chi connectivity index (χ2v) is 4.27. The van der Waals surface area contributed by atoms with Crippen LogP contribution in [0.15, 0.2) is 27.5 Å². The Morgan fingerprint density at radius 3 is 2.88 bits per heavy atom. The van der Waals surface area contributed by atoms with E-state index in [-0.39, 0.29) is 5.41 Å². The Kier molecular flexibility index (Phi) is 2.07. The molecule has 0 saturated heterocycles. The van der Waals surface area contributed by atoms with E-state index in [0.29, 0.717) is 18.3 Å². The summed E-state index contributed by atoms with van der Waals surface area (Å²) in [6.45, 7) is 0.569. The van der Waals surface area contributed by atoms with Crippen LogP contribution >= 0.6 is 0 Å². The van der Waals surface area contributed by atoms with Crippen molar-refractivity contribution in [2.24, 2.45) is 5.73 Å². The summed E-state index contributed by atoms with van der Waals surface area (Å²) in [5.41, 5.74) is 6.54. The summed E-state index contributed by atoms with van der Waals surface area (Å²) >= 11 is 0. The minimum absolute atomic E-state index is 0.0744. The van der Waals surface area contributed by atoms with E-state index in [9.17, 15) is 0 Å². The molecule has 0 unspecified atom stereocenters. The molecular weight excluding hydrogens is 206 g/mol. The summed E-state index contributed by atoms with van der Waals surface area (Å²) in [5.74, 6) is 1.24. The average molecular weight is 219 g/mol. The lowest BCUT2D eigenvalue weighted by molar-refractivity contribution is 0.182. The molecule has 0 spiro atoms. The van der Waals surface area contributed by atoms with Crippen molar-refractivity contribution in [3.63, 3.8) is 0 Å². The maximum Gasteiger partial charge on any atom is 0.234 e. The molecular formula is C11H13N3O2. The van der Waals surface area contributed by atoms with Crippen LogP contribution in [-0.2, 0) is 5.41 Å². The highest BCUT2D eigenvalue weighted by atomic mass is 16.5. The zero-order valence-corrected chi connectivity index (χ0v) is 8.85. The third kappa shape index (κ3) is 1.28. The topological polar surface area (TPSA) is 78.1 Å². The van der Waals surface area contributed by atoms with Crippen molar-refractivity contribution in [2.45, 2.75) is 24.7 Å². The fraction of sp³-hybridized carbons (Fsp3) is 0.455. The standard InChI is InChI=1S/C11H13N3O2/c12-7-11(3-1-4-11)10-13-9(14-16-10)8-2-5-15-6-8/h2,5-6H,1,3-4,7,12H2. The van der Waals surface area contributed by atoms with Gasteiger partial charge in [-0.05, 0) is 18.9 Å². The van der Waals surface area contributed by atoms with Crippen molar-refractivity contribution in [3.8, 4) is 11.4 Å². The SMILES string of the molecule is NCC1(c2nc(-c3ccoc3)no2)CCC1. The summed E-state index contributed by atoms with van der Waals surface area (Å²) in [5, 5.41) is 3.95. The molecule has 0 radical (unpaired) electrons. The first-order chi connectivity index (χ1) is 7.84. The first kappa shape index (κ1) is 9.59. The van der Waals surface area contributed by atoms with Gasteiger partial charge in [-0.15, -0.1) is 0 Å².